The molecule has 2 rings (SSSR count). The number of benzene rings is 2. The Balaban J connectivity index is 2.52. The highest BCUT2D eigenvalue weighted by Crippen LogP contribution is 2.31. The average Bonchev–Trinajstić information content (AvgIpc) is 2.66. The highest BCUT2D eigenvalue weighted by molar-refractivity contribution is 7.92. The van der Waals surface area contributed by atoms with Crippen molar-refractivity contribution in [1.82, 2.24) is 0 Å². The fraction of sp³-hybridized carbons (Fsp3) is 0.316. The number of nitrogens with zero attached hydrogens (tertiary/aromatic N) is 1. The van der Waals surface area contributed by atoms with Crippen molar-refractivity contribution in [3.8, 4) is 11.5 Å². The molecule has 0 aliphatic rings. The second-order valence-electron chi connectivity index (χ2n) is 5.54. The first-order valence-corrected chi connectivity index (χ1v) is 10.4. The van der Waals surface area contributed by atoms with Crippen molar-refractivity contribution in [2.75, 3.05) is 31.2 Å². The van der Waals surface area contributed by atoms with E-state index >= 15 is 0 Å². The second-order valence-corrected chi connectivity index (χ2v) is 7.81. The Kier molecular flexibility index (Phi) is 7.53. The minimum absolute atomic E-state index is 0.0792. The number of halogens is 1. The average molecular weight is 428 g/mol. The smallest absolute Gasteiger partial charge is 0.326 e. The lowest BCUT2D eigenvalue weighted by atomic mass is 10.3. The third-order valence-electron chi connectivity index (χ3n) is 3.71. The number of ether oxygens (including phenoxy) is 3. The number of hydrogen-bond acceptors (Lipinski definition) is 6. The SMILES string of the molecule is CCOC(=O)CN(c1cccc(OCC)c1)S(=O)(=O)c1ccc(OC)c(Cl)c1. The Morgan fingerprint density at radius 3 is 2.46 bits per heavy atom. The zero-order valence-corrected chi connectivity index (χ0v) is 17.4. The van der Waals surface area contributed by atoms with E-state index in [1.54, 1.807) is 31.2 Å². The largest absolute Gasteiger partial charge is 0.495 e. The summed E-state index contributed by atoms with van der Waals surface area (Å²) >= 11 is 6.09. The molecule has 2 aromatic carbocycles. The minimum Gasteiger partial charge on any atom is -0.495 e. The molecule has 152 valence electrons. The van der Waals surface area contributed by atoms with Gasteiger partial charge in [-0.25, -0.2) is 8.42 Å². The fourth-order valence-corrected chi connectivity index (χ4v) is 4.22. The van der Waals surface area contributed by atoms with Crippen LogP contribution < -0.4 is 13.8 Å². The van der Waals surface area contributed by atoms with Gasteiger partial charge in [0.2, 0.25) is 0 Å². The lowest BCUT2D eigenvalue weighted by Crippen LogP contribution is -2.36. The molecule has 0 bridgehead atoms. The van der Waals surface area contributed by atoms with Crippen LogP contribution in [0, 0.1) is 0 Å². The maximum absolute atomic E-state index is 13.3. The van der Waals surface area contributed by atoms with Crippen molar-refractivity contribution in [2.45, 2.75) is 18.7 Å². The number of carbonyl (C=O) groups excluding carboxylic acids is 1. The molecule has 0 spiro atoms. The summed E-state index contributed by atoms with van der Waals surface area (Å²) in [4.78, 5) is 12.0. The molecule has 0 heterocycles. The molecular weight excluding hydrogens is 406 g/mol. The third-order valence-corrected chi connectivity index (χ3v) is 5.77. The molecule has 0 atom stereocenters. The van der Waals surface area contributed by atoms with E-state index in [1.165, 1.54) is 25.3 Å². The molecule has 7 nitrogen and oxygen atoms in total. The first kappa shape index (κ1) is 21.8. The molecular formula is C19H22ClNO6S. The Labute approximate surface area is 169 Å². The molecule has 0 N–H and O–H groups in total. The van der Waals surface area contributed by atoms with Gasteiger partial charge in [0.05, 0.1) is 35.9 Å². The van der Waals surface area contributed by atoms with Crippen molar-refractivity contribution in [1.29, 1.82) is 0 Å². The summed E-state index contributed by atoms with van der Waals surface area (Å²) in [5, 5.41) is 0.141. The van der Waals surface area contributed by atoms with E-state index in [-0.39, 0.29) is 22.2 Å². The molecule has 0 unspecified atom stereocenters. The predicted molar refractivity (Wildman–Crippen MR) is 107 cm³/mol. The molecule has 9 heteroatoms. The van der Waals surface area contributed by atoms with Crippen molar-refractivity contribution in [3.63, 3.8) is 0 Å². The lowest BCUT2D eigenvalue weighted by molar-refractivity contribution is -0.141. The van der Waals surface area contributed by atoms with Gasteiger partial charge in [0.1, 0.15) is 18.0 Å². The number of anilines is 1. The Morgan fingerprint density at radius 1 is 1.11 bits per heavy atom. The van der Waals surface area contributed by atoms with Gasteiger partial charge in [-0.1, -0.05) is 17.7 Å². The van der Waals surface area contributed by atoms with Crippen LogP contribution in [0.25, 0.3) is 0 Å². The zero-order chi connectivity index (χ0) is 20.7. The number of esters is 1. The van der Waals surface area contributed by atoms with E-state index in [1.807, 2.05) is 6.92 Å². The first-order chi connectivity index (χ1) is 13.3. The van der Waals surface area contributed by atoms with Gasteiger partial charge < -0.3 is 14.2 Å². The summed E-state index contributed by atoms with van der Waals surface area (Å²) in [7, 11) is -2.68. The second kappa shape index (κ2) is 9.66. The van der Waals surface area contributed by atoms with Crippen LogP contribution >= 0.6 is 11.6 Å². The molecule has 0 aliphatic heterocycles. The van der Waals surface area contributed by atoms with Crippen molar-refractivity contribution >= 4 is 33.3 Å². The lowest BCUT2D eigenvalue weighted by Gasteiger charge is -2.24. The van der Waals surface area contributed by atoms with E-state index in [0.717, 1.165) is 4.31 Å². The van der Waals surface area contributed by atoms with E-state index in [9.17, 15) is 13.2 Å². The molecule has 28 heavy (non-hydrogen) atoms. The number of sulfonamides is 1. The number of carbonyl (C=O) groups is 1. The summed E-state index contributed by atoms with van der Waals surface area (Å²) in [6, 6.07) is 10.6. The van der Waals surface area contributed by atoms with Gasteiger partial charge in [-0.05, 0) is 44.2 Å². The molecule has 2 aromatic rings. The van der Waals surface area contributed by atoms with E-state index < -0.39 is 22.5 Å². The van der Waals surface area contributed by atoms with E-state index in [2.05, 4.69) is 0 Å². The molecule has 0 amide bonds. The molecule has 0 aliphatic carbocycles. The van der Waals surface area contributed by atoms with E-state index in [4.69, 9.17) is 25.8 Å². The third kappa shape index (κ3) is 5.08. The highest BCUT2D eigenvalue weighted by atomic mass is 35.5. The van der Waals surface area contributed by atoms with Gasteiger partial charge in [0.15, 0.2) is 0 Å². The van der Waals surface area contributed by atoms with Gasteiger partial charge in [-0.3, -0.25) is 9.10 Å². The normalized spacial score (nSPS) is 11.0. The van der Waals surface area contributed by atoms with Crippen molar-refractivity contribution in [3.05, 3.63) is 47.5 Å². The van der Waals surface area contributed by atoms with Crippen LogP contribution in [0.1, 0.15) is 13.8 Å². The van der Waals surface area contributed by atoms with Gasteiger partial charge in [0.25, 0.3) is 10.0 Å². The Morgan fingerprint density at radius 2 is 1.86 bits per heavy atom. The topological polar surface area (TPSA) is 82.1 Å². The van der Waals surface area contributed by atoms with E-state index in [0.29, 0.717) is 18.1 Å². The van der Waals surface area contributed by atoms with Gasteiger partial charge >= 0.3 is 5.97 Å². The molecule has 0 saturated heterocycles. The molecule has 0 saturated carbocycles. The maximum atomic E-state index is 13.3. The van der Waals surface area contributed by atoms with Crippen LogP contribution in [0.5, 0.6) is 11.5 Å². The number of rotatable bonds is 9. The summed E-state index contributed by atoms with van der Waals surface area (Å²) in [5.74, 6) is 0.153. The summed E-state index contributed by atoms with van der Waals surface area (Å²) in [6.07, 6.45) is 0. The standard InChI is InChI=1S/C19H22ClNO6S/c1-4-26-15-8-6-7-14(11-15)21(13-19(22)27-5-2)28(23,24)16-9-10-18(25-3)17(20)12-16/h6-12H,4-5,13H2,1-3H3. The molecule has 0 radical (unpaired) electrons. The minimum atomic E-state index is -4.11. The van der Waals surface area contributed by atoms with Crippen molar-refractivity contribution < 1.29 is 27.4 Å². The summed E-state index contributed by atoms with van der Waals surface area (Å²) < 4.78 is 43.0. The quantitative estimate of drug-likeness (QED) is 0.569. The Hall–Kier alpha value is -2.45. The Bertz CT molecular complexity index is 932. The monoisotopic (exact) mass is 427 g/mol. The van der Waals surface area contributed by atoms with Gasteiger partial charge in [0, 0.05) is 6.07 Å². The summed E-state index contributed by atoms with van der Waals surface area (Å²) in [5.41, 5.74) is 0.269. The van der Waals surface area contributed by atoms with Gasteiger partial charge in [-0.15, -0.1) is 0 Å². The van der Waals surface area contributed by atoms with Crippen molar-refractivity contribution in [2.24, 2.45) is 0 Å². The molecule has 0 aromatic heterocycles. The highest BCUT2D eigenvalue weighted by Gasteiger charge is 2.28. The van der Waals surface area contributed by atoms with Gasteiger partial charge in [-0.2, -0.15) is 0 Å². The van der Waals surface area contributed by atoms with Crippen LogP contribution in [0.15, 0.2) is 47.4 Å². The van der Waals surface area contributed by atoms with Crippen LogP contribution in [0.2, 0.25) is 5.02 Å². The van der Waals surface area contributed by atoms with Crippen LogP contribution in [0.3, 0.4) is 0 Å². The summed E-state index contributed by atoms with van der Waals surface area (Å²) in [6.45, 7) is 3.53. The van der Waals surface area contributed by atoms with Crippen LogP contribution in [-0.4, -0.2) is 41.3 Å². The fourth-order valence-electron chi connectivity index (χ4n) is 2.47. The van der Waals surface area contributed by atoms with Crippen LogP contribution in [-0.2, 0) is 19.6 Å². The zero-order valence-electron chi connectivity index (χ0n) is 15.8. The maximum Gasteiger partial charge on any atom is 0.326 e. The molecule has 0 fully saturated rings. The number of hydrogen-bond donors (Lipinski definition) is 0. The number of methoxy groups -OCH3 is 1. The van der Waals surface area contributed by atoms with Crippen LogP contribution in [0.4, 0.5) is 5.69 Å². The first-order valence-electron chi connectivity index (χ1n) is 8.58. The predicted octanol–water partition coefficient (Wildman–Crippen LogP) is 3.51.